The van der Waals surface area contributed by atoms with Crippen molar-refractivity contribution in [3.8, 4) is 0 Å². The van der Waals surface area contributed by atoms with Crippen LogP contribution in [-0.4, -0.2) is 17.8 Å². The molecule has 16 heavy (non-hydrogen) atoms. The van der Waals surface area contributed by atoms with Crippen molar-refractivity contribution in [2.45, 2.75) is 26.4 Å². The molecule has 0 amide bonds. The van der Waals surface area contributed by atoms with Crippen LogP contribution < -0.4 is 5.32 Å². The molecule has 0 aromatic heterocycles. The lowest BCUT2D eigenvalue weighted by atomic mass is 10.1. The van der Waals surface area contributed by atoms with E-state index in [9.17, 15) is 0 Å². The Morgan fingerprint density at radius 2 is 1.75 bits per heavy atom. The highest BCUT2D eigenvalue weighted by molar-refractivity contribution is 6.34. The monoisotopic (exact) mass is 261 g/mol. The first-order valence-corrected chi connectivity index (χ1v) is 6.07. The molecule has 0 radical (unpaired) electrons. The Morgan fingerprint density at radius 3 is 2.19 bits per heavy atom. The highest BCUT2D eigenvalue weighted by Crippen LogP contribution is 2.19. The molecule has 2 nitrogen and oxygen atoms in total. The van der Waals surface area contributed by atoms with Crippen LogP contribution in [0, 0.1) is 5.92 Å². The zero-order valence-corrected chi connectivity index (χ0v) is 11.0. The van der Waals surface area contributed by atoms with E-state index >= 15 is 0 Å². The molecule has 0 aliphatic heterocycles. The van der Waals surface area contributed by atoms with Crippen molar-refractivity contribution in [2.24, 2.45) is 5.92 Å². The molecule has 1 atom stereocenters. The Hall–Kier alpha value is -0.280. The lowest BCUT2D eigenvalue weighted by molar-refractivity contribution is 0.210. The van der Waals surface area contributed by atoms with E-state index < -0.39 is 0 Å². The van der Waals surface area contributed by atoms with E-state index in [0.717, 1.165) is 5.56 Å². The molecule has 0 saturated carbocycles. The molecule has 0 heterocycles. The molecule has 1 aromatic carbocycles. The second-order valence-electron chi connectivity index (χ2n) is 4.19. The largest absolute Gasteiger partial charge is 0.395 e. The van der Waals surface area contributed by atoms with Crippen molar-refractivity contribution >= 4 is 23.2 Å². The van der Waals surface area contributed by atoms with Crippen molar-refractivity contribution in [1.29, 1.82) is 0 Å². The van der Waals surface area contributed by atoms with Crippen LogP contribution in [0.3, 0.4) is 0 Å². The molecular weight excluding hydrogens is 245 g/mol. The third kappa shape index (κ3) is 4.30. The third-order valence-corrected chi connectivity index (χ3v) is 2.93. The molecular formula is C12H17Cl2NO. The normalized spacial score (nSPS) is 13.1. The second kappa shape index (κ2) is 6.45. The number of nitrogens with one attached hydrogen (secondary N) is 1. The maximum Gasteiger partial charge on any atom is 0.0587 e. The van der Waals surface area contributed by atoms with E-state index in [1.165, 1.54) is 0 Å². The number of aliphatic hydroxyl groups is 1. The van der Waals surface area contributed by atoms with Crippen molar-refractivity contribution in [1.82, 2.24) is 5.32 Å². The van der Waals surface area contributed by atoms with E-state index in [0.29, 0.717) is 22.5 Å². The van der Waals surface area contributed by atoms with Crippen molar-refractivity contribution < 1.29 is 5.11 Å². The summed E-state index contributed by atoms with van der Waals surface area (Å²) in [5.74, 6) is 0.389. The van der Waals surface area contributed by atoms with Crippen molar-refractivity contribution in [3.05, 3.63) is 33.8 Å². The average molecular weight is 262 g/mol. The summed E-state index contributed by atoms with van der Waals surface area (Å²) in [4.78, 5) is 0. The fraction of sp³-hybridized carbons (Fsp3) is 0.500. The summed E-state index contributed by atoms with van der Waals surface area (Å²) in [5.41, 5.74) is 1.02. The topological polar surface area (TPSA) is 32.3 Å². The Bertz CT molecular complexity index is 322. The van der Waals surface area contributed by atoms with Gasteiger partial charge in [0.25, 0.3) is 0 Å². The number of halogens is 2. The lowest BCUT2D eigenvalue weighted by Gasteiger charge is -2.20. The quantitative estimate of drug-likeness (QED) is 0.854. The van der Waals surface area contributed by atoms with Crippen molar-refractivity contribution in [3.63, 3.8) is 0 Å². The Kier molecular flexibility index (Phi) is 5.56. The number of hydrogen-bond donors (Lipinski definition) is 2. The highest BCUT2D eigenvalue weighted by Gasteiger charge is 2.11. The lowest BCUT2D eigenvalue weighted by Crippen LogP contribution is -2.36. The smallest absolute Gasteiger partial charge is 0.0587 e. The Balaban J connectivity index is 2.60. The van der Waals surface area contributed by atoms with E-state index in [1.54, 1.807) is 6.07 Å². The van der Waals surface area contributed by atoms with Crippen LogP contribution in [0.15, 0.2) is 18.2 Å². The van der Waals surface area contributed by atoms with Gasteiger partial charge in [0, 0.05) is 22.6 Å². The van der Waals surface area contributed by atoms with Crippen LogP contribution in [0.25, 0.3) is 0 Å². The van der Waals surface area contributed by atoms with Gasteiger partial charge in [0.05, 0.1) is 6.61 Å². The summed E-state index contributed by atoms with van der Waals surface area (Å²) in [6.07, 6.45) is 0. The molecule has 0 bridgehead atoms. The van der Waals surface area contributed by atoms with Gasteiger partial charge < -0.3 is 10.4 Å². The first kappa shape index (κ1) is 13.8. The van der Waals surface area contributed by atoms with Crippen LogP contribution in [0.2, 0.25) is 10.0 Å². The molecule has 2 N–H and O–H groups in total. The molecule has 0 aliphatic rings. The summed E-state index contributed by atoms with van der Waals surface area (Å²) in [5, 5.41) is 13.7. The maximum atomic E-state index is 9.17. The van der Waals surface area contributed by atoms with Gasteiger partial charge in [0.1, 0.15) is 0 Å². The second-order valence-corrected chi connectivity index (χ2v) is 5.06. The number of rotatable bonds is 5. The van der Waals surface area contributed by atoms with Gasteiger partial charge in [0.2, 0.25) is 0 Å². The van der Waals surface area contributed by atoms with Gasteiger partial charge in [-0.3, -0.25) is 0 Å². The first-order chi connectivity index (χ1) is 7.52. The number of hydrogen-bond acceptors (Lipinski definition) is 2. The highest BCUT2D eigenvalue weighted by atomic mass is 35.5. The van der Waals surface area contributed by atoms with Crippen LogP contribution in [0.4, 0.5) is 0 Å². The van der Waals surface area contributed by atoms with E-state index in [-0.39, 0.29) is 12.6 Å². The van der Waals surface area contributed by atoms with Gasteiger partial charge in [-0.2, -0.15) is 0 Å². The summed E-state index contributed by atoms with van der Waals surface area (Å²) in [6, 6.07) is 5.54. The molecule has 0 saturated heterocycles. The van der Waals surface area contributed by atoms with Gasteiger partial charge in [-0.25, -0.2) is 0 Å². The minimum atomic E-state index is 0.0951. The number of aliphatic hydroxyl groups excluding tert-OH is 1. The molecule has 4 heteroatoms. The average Bonchev–Trinajstić information content (AvgIpc) is 2.16. The fourth-order valence-electron chi connectivity index (χ4n) is 1.47. The molecule has 90 valence electrons. The Labute approximate surface area is 107 Å². The van der Waals surface area contributed by atoms with E-state index in [2.05, 4.69) is 19.2 Å². The first-order valence-electron chi connectivity index (χ1n) is 5.32. The third-order valence-electron chi connectivity index (χ3n) is 2.49. The van der Waals surface area contributed by atoms with E-state index in [4.69, 9.17) is 28.3 Å². The summed E-state index contributed by atoms with van der Waals surface area (Å²) in [6.45, 7) is 4.92. The molecule has 0 aliphatic carbocycles. The van der Waals surface area contributed by atoms with Gasteiger partial charge in [0.15, 0.2) is 0 Å². The van der Waals surface area contributed by atoms with Crippen molar-refractivity contribution in [2.75, 3.05) is 6.61 Å². The van der Waals surface area contributed by atoms with Crippen LogP contribution in [-0.2, 0) is 6.54 Å². The predicted octanol–water partition coefficient (Wildman–Crippen LogP) is 3.10. The fourth-order valence-corrected chi connectivity index (χ4v) is 2.04. The number of benzene rings is 1. The predicted molar refractivity (Wildman–Crippen MR) is 69.0 cm³/mol. The summed E-state index contributed by atoms with van der Waals surface area (Å²) < 4.78 is 0. The summed E-state index contributed by atoms with van der Waals surface area (Å²) >= 11 is 11.8. The van der Waals surface area contributed by atoms with Crippen LogP contribution in [0.5, 0.6) is 0 Å². The van der Waals surface area contributed by atoms with Crippen LogP contribution >= 0.6 is 23.2 Å². The van der Waals surface area contributed by atoms with Gasteiger partial charge in [-0.15, -0.1) is 0 Å². The zero-order chi connectivity index (χ0) is 12.1. The summed E-state index contributed by atoms with van der Waals surface area (Å²) in [7, 11) is 0. The molecule has 1 rings (SSSR count). The molecule has 0 unspecified atom stereocenters. The minimum Gasteiger partial charge on any atom is -0.395 e. The Morgan fingerprint density at radius 1 is 1.19 bits per heavy atom. The van der Waals surface area contributed by atoms with Gasteiger partial charge in [-0.1, -0.05) is 37.0 Å². The maximum absolute atomic E-state index is 9.17. The van der Waals surface area contributed by atoms with E-state index in [1.807, 2.05) is 12.1 Å². The van der Waals surface area contributed by atoms with Gasteiger partial charge >= 0.3 is 0 Å². The minimum absolute atomic E-state index is 0.0951. The molecule has 0 spiro atoms. The van der Waals surface area contributed by atoms with Gasteiger partial charge in [-0.05, 0) is 29.7 Å². The molecule has 0 fully saturated rings. The molecule has 1 aromatic rings. The van der Waals surface area contributed by atoms with Crippen LogP contribution in [0.1, 0.15) is 19.4 Å². The SMILES string of the molecule is CC(C)[C@@H](CO)NCc1cc(Cl)cc(Cl)c1. The zero-order valence-electron chi connectivity index (χ0n) is 9.50. The standard InChI is InChI=1S/C12H17Cl2NO/c1-8(2)12(7-16)15-6-9-3-10(13)5-11(14)4-9/h3-5,8,12,15-16H,6-7H2,1-2H3/t12-/m1/s1.